The maximum Gasteiger partial charge on any atom is 0.261 e. The molecule has 0 saturated carbocycles. The Hall–Kier alpha value is -1.95. The predicted octanol–water partition coefficient (Wildman–Crippen LogP) is 5.36. The third-order valence-corrected chi connectivity index (χ3v) is 5.15. The molecular formula is C22H25Cl3N2O3. The van der Waals surface area contributed by atoms with Gasteiger partial charge in [0.1, 0.15) is 11.8 Å². The highest BCUT2D eigenvalue weighted by Gasteiger charge is 2.29. The monoisotopic (exact) mass is 470 g/mol. The van der Waals surface area contributed by atoms with Crippen LogP contribution < -0.4 is 10.1 Å². The average Bonchev–Trinajstić information content (AvgIpc) is 2.67. The van der Waals surface area contributed by atoms with Crippen molar-refractivity contribution in [3.8, 4) is 5.75 Å². The van der Waals surface area contributed by atoms with Gasteiger partial charge in [-0.25, -0.2) is 0 Å². The number of carbonyl (C=O) groups excluding carboxylic acids is 2. The van der Waals surface area contributed by atoms with Crippen molar-refractivity contribution in [1.82, 2.24) is 10.2 Å². The number of nitrogens with zero attached hydrogens (tertiary/aromatic N) is 1. The number of benzene rings is 2. The van der Waals surface area contributed by atoms with Gasteiger partial charge < -0.3 is 15.0 Å². The molecule has 1 N–H and O–H groups in total. The zero-order chi connectivity index (χ0) is 22.3. The molecular weight excluding hydrogens is 447 g/mol. The maximum absolute atomic E-state index is 13.1. The van der Waals surface area contributed by atoms with E-state index in [2.05, 4.69) is 5.32 Å². The topological polar surface area (TPSA) is 58.6 Å². The molecule has 2 aromatic rings. The molecule has 1 atom stereocenters. The second kappa shape index (κ2) is 11.4. The number of hydrogen-bond acceptors (Lipinski definition) is 3. The van der Waals surface area contributed by atoms with Crippen molar-refractivity contribution >= 4 is 46.6 Å². The Bertz CT molecular complexity index is 890. The fourth-order valence-corrected chi connectivity index (χ4v) is 3.57. The van der Waals surface area contributed by atoms with Crippen molar-refractivity contribution in [1.29, 1.82) is 0 Å². The fourth-order valence-electron chi connectivity index (χ4n) is 2.92. The van der Waals surface area contributed by atoms with Crippen molar-refractivity contribution in [3.05, 3.63) is 63.1 Å². The quantitative estimate of drug-likeness (QED) is 0.536. The van der Waals surface area contributed by atoms with Gasteiger partial charge in [0, 0.05) is 27.7 Å². The van der Waals surface area contributed by atoms with Crippen molar-refractivity contribution < 1.29 is 14.3 Å². The third kappa shape index (κ3) is 7.08. The van der Waals surface area contributed by atoms with Crippen molar-refractivity contribution in [2.45, 2.75) is 45.8 Å². The zero-order valence-electron chi connectivity index (χ0n) is 17.1. The van der Waals surface area contributed by atoms with E-state index in [1.807, 2.05) is 20.8 Å². The Morgan fingerprint density at radius 1 is 1.07 bits per heavy atom. The lowest BCUT2D eigenvalue weighted by atomic mass is 10.1. The van der Waals surface area contributed by atoms with E-state index in [1.165, 1.54) is 4.90 Å². The predicted molar refractivity (Wildman–Crippen MR) is 121 cm³/mol. The van der Waals surface area contributed by atoms with E-state index in [0.717, 1.165) is 0 Å². The number of halogens is 3. The molecule has 0 unspecified atom stereocenters. The maximum atomic E-state index is 13.1. The molecule has 0 aliphatic heterocycles. The van der Waals surface area contributed by atoms with Gasteiger partial charge in [0.2, 0.25) is 5.91 Å². The first kappa shape index (κ1) is 24.3. The van der Waals surface area contributed by atoms with E-state index in [-0.39, 0.29) is 31.0 Å². The fraction of sp³-hybridized carbons (Fsp3) is 0.364. The first-order valence-corrected chi connectivity index (χ1v) is 10.8. The summed E-state index contributed by atoms with van der Waals surface area (Å²) in [5.74, 6) is -0.0968. The first-order valence-electron chi connectivity index (χ1n) is 9.63. The molecule has 0 saturated heterocycles. The van der Waals surface area contributed by atoms with Crippen LogP contribution in [0.2, 0.25) is 15.1 Å². The van der Waals surface area contributed by atoms with Gasteiger partial charge in [-0.1, -0.05) is 53.9 Å². The second-order valence-electron chi connectivity index (χ2n) is 7.09. The molecule has 2 amide bonds. The van der Waals surface area contributed by atoms with Crippen LogP contribution in [0.1, 0.15) is 32.8 Å². The van der Waals surface area contributed by atoms with Crippen LogP contribution in [0, 0.1) is 0 Å². The largest absolute Gasteiger partial charge is 0.484 e. The molecule has 162 valence electrons. The minimum absolute atomic E-state index is 0.0506. The van der Waals surface area contributed by atoms with Crippen LogP contribution in [0.5, 0.6) is 5.75 Å². The summed E-state index contributed by atoms with van der Waals surface area (Å²) in [4.78, 5) is 27.3. The van der Waals surface area contributed by atoms with E-state index < -0.39 is 6.04 Å². The van der Waals surface area contributed by atoms with Gasteiger partial charge in [0.15, 0.2) is 6.61 Å². The molecule has 0 fully saturated rings. The van der Waals surface area contributed by atoms with E-state index in [1.54, 1.807) is 42.5 Å². The summed E-state index contributed by atoms with van der Waals surface area (Å²) in [6.45, 7) is 5.51. The summed E-state index contributed by atoms with van der Waals surface area (Å²) in [7, 11) is 0. The molecule has 30 heavy (non-hydrogen) atoms. The van der Waals surface area contributed by atoms with Crippen molar-refractivity contribution in [3.63, 3.8) is 0 Å². The third-order valence-electron chi connectivity index (χ3n) is 4.33. The summed E-state index contributed by atoms with van der Waals surface area (Å²) in [5.41, 5.74) is 0.688. The van der Waals surface area contributed by atoms with Crippen LogP contribution in [0.25, 0.3) is 0 Å². The molecule has 0 aliphatic rings. The van der Waals surface area contributed by atoms with Crippen LogP contribution in [-0.4, -0.2) is 35.4 Å². The summed E-state index contributed by atoms with van der Waals surface area (Å²) in [6, 6.07) is 11.1. The van der Waals surface area contributed by atoms with E-state index in [9.17, 15) is 9.59 Å². The Kier molecular flexibility index (Phi) is 9.28. The van der Waals surface area contributed by atoms with Crippen LogP contribution in [0.3, 0.4) is 0 Å². The van der Waals surface area contributed by atoms with Crippen LogP contribution >= 0.6 is 34.8 Å². The highest BCUT2D eigenvalue weighted by atomic mass is 35.5. The highest BCUT2D eigenvalue weighted by Crippen LogP contribution is 2.24. The first-order chi connectivity index (χ1) is 14.2. The van der Waals surface area contributed by atoms with Crippen molar-refractivity contribution in [2.75, 3.05) is 6.61 Å². The Morgan fingerprint density at radius 2 is 1.77 bits per heavy atom. The van der Waals surface area contributed by atoms with E-state index in [4.69, 9.17) is 39.5 Å². The van der Waals surface area contributed by atoms with E-state index in [0.29, 0.717) is 32.8 Å². The lowest BCUT2D eigenvalue weighted by Crippen LogP contribution is -2.51. The normalized spacial score (nSPS) is 11.8. The van der Waals surface area contributed by atoms with Gasteiger partial charge in [0.25, 0.3) is 5.91 Å². The molecule has 0 heterocycles. The molecule has 2 aromatic carbocycles. The lowest BCUT2D eigenvalue weighted by molar-refractivity contribution is -0.143. The van der Waals surface area contributed by atoms with Gasteiger partial charge in [-0.3, -0.25) is 9.59 Å². The summed E-state index contributed by atoms with van der Waals surface area (Å²) >= 11 is 18.3. The van der Waals surface area contributed by atoms with Gasteiger partial charge >= 0.3 is 0 Å². The number of rotatable bonds is 9. The van der Waals surface area contributed by atoms with Crippen molar-refractivity contribution in [2.24, 2.45) is 0 Å². The van der Waals surface area contributed by atoms with Gasteiger partial charge in [-0.2, -0.15) is 0 Å². The highest BCUT2D eigenvalue weighted by molar-refractivity contribution is 6.35. The second-order valence-corrected chi connectivity index (χ2v) is 8.37. The molecule has 0 radical (unpaired) electrons. The molecule has 2 rings (SSSR count). The molecule has 0 spiro atoms. The van der Waals surface area contributed by atoms with Gasteiger partial charge in [-0.15, -0.1) is 0 Å². The minimum atomic E-state index is -0.672. The number of hydrogen-bond donors (Lipinski definition) is 1. The molecule has 8 heteroatoms. The summed E-state index contributed by atoms with van der Waals surface area (Å²) in [5, 5.41) is 4.30. The number of carbonyl (C=O) groups is 2. The number of ether oxygens (including phenoxy) is 1. The summed E-state index contributed by atoms with van der Waals surface area (Å²) in [6.07, 6.45) is 0.437. The number of nitrogens with one attached hydrogen (secondary N) is 1. The molecule has 0 aromatic heterocycles. The SMILES string of the molecule is CC[C@H](C(=O)NC(C)C)N(Cc1ccc(Cl)cc1Cl)C(=O)COc1cccc(Cl)c1. The van der Waals surface area contributed by atoms with Crippen LogP contribution in [0.4, 0.5) is 0 Å². The average molecular weight is 472 g/mol. The van der Waals surface area contributed by atoms with E-state index >= 15 is 0 Å². The van der Waals surface area contributed by atoms with Gasteiger partial charge in [0.05, 0.1) is 0 Å². The smallest absolute Gasteiger partial charge is 0.261 e. The Labute approximate surface area is 192 Å². The van der Waals surface area contributed by atoms with Gasteiger partial charge in [-0.05, 0) is 56.2 Å². The summed E-state index contributed by atoms with van der Waals surface area (Å²) < 4.78 is 5.61. The minimum Gasteiger partial charge on any atom is -0.484 e. The number of amides is 2. The zero-order valence-corrected chi connectivity index (χ0v) is 19.4. The van der Waals surface area contributed by atoms with Crippen LogP contribution in [-0.2, 0) is 16.1 Å². The lowest BCUT2D eigenvalue weighted by Gasteiger charge is -2.31. The Balaban J connectivity index is 2.25. The Morgan fingerprint density at radius 3 is 2.37 bits per heavy atom. The molecule has 5 nitrogen and oxygen atoms in total. The molecule has 0 bridgehead atoms. The molecule has 0 aliphatic carbocycles. The van der Waals surface area contributed by atoms with Crippen LogP contribution in [0.15, 0.2) is 42.5 Å². The standard InChI is InChI=1S/C22H25Cl3N2O3/c1-4-20(22(29)26-14(2)3)27(12-15-8-9-17(24)11-19(15)25)21(28)13-30-18-7-5-6-16(23)10-18/h5-11,14,20H,4,12-13H2,1-3H3,(H,26,29)/t20-/m1/s1.